The molecule has 0 spiro atoms. The zero-order valence-electron chi connectivity index (χ0n) is 19.6. The minimum absolute atomic E-state index is 0.0269. The molecular weight excluding hydrogens is 504 g/mol. The van der Waals surface area contributed by atoms with E-state index in [1.165, 1.54) is 0 Å². The van der Waals surface area contributed by atoms with Crippen LogP contribution in [0, 0.1) is 5.41 Å². The molecule has 0 fully saturated rings. The van der Waals surface area contributed by atoms with Gasteiger partial charge in [-0.15, -0.1) is 0 Å². The van der Waals surface area contributed by atoms with Crippen LogP contribution in [-0.2, 0) is 26.4 Å². The number of esters is 1. The number of thiocarbonyl (C=S) groups is 1. The van der Waals surface area contributed by atoms with Gasteiger partial charge in [0.15, 0.2) is 10.7 Å². The van der Waals surface area contributed by atoms with Crippen molar-refractivity contribution in [2.45, 2.75) is 59.3 Å². The van der Waals surface area contributed by atoms with Crippen molar-refractivity contribution >= 4 is 45.3 Å². The lowest BCUT2D eigenvalue weighted by Gasteiger charge is -2.39. The number of hydrogen-bond donors (Lipinski definition) is 2. The van der Waals surface area contributed by atoms with E-state index in [2.05, 4.69) is 26.6 Å². The summed E-state index contributed by atoms with van der Waals surface area (Å²) in [7, 11) is 0. The fourth-order valence-corrected chi connectivity index (χ4v) is 3.90. The van der Waals surface area contributed by atoms with Crippen molar-refractivity contribution in [1.82, 2.24) is 10.6 Å². The van der Waals surface area contributed by atoms with Crippen molar-refractivity contribution in [2.75, 3.05) is 0 Å². The van der Waals surface area contributed by atoms with E-state index in [0.29, 0.717) is 12.0 Å². The van der Waals surface area contributed by atoms with Gasteiger partial charge in [-0.1, -0.05) is 79.2 Å². The number of benzene rings is 2. The first kappa shape index (κ1) is 26.8. The van der Waals surface area contributed by atoms with Crippen LogP contribution in [0.25, 0.3) is 0 Å². The van der Waals surface area contributed by atoms with Crippen LogP contribution in [0.15, 0.2) is 59.1 Å². The summed E-state index contributed by atoms with van der Waals surface area (Å²) in [5.41, 5.74) is -0.0657. The molecular formula is C25H31BrN2O4S. The summed E-state index contributed by atoms with van der Waals surface area (Å²) >= 11 is 8.85. The number of amides is 1. The Bertz CT molecular complexity index is 959. The smallest absolute Gasteiger partial charge is 0.413 e. The molecule has 6 nitrogen and oxygen atoms in total. The van der Waals surface area contributed by atoms with Crippen molar-refractivity contribution in [1.29, 1.82) is 0 Å². The van der Waals surface area contributed by atoms with Gasteiger partial charge in [-0.25, -0.2) is 9.59 Å². The molecule has 0 bridgehead atoms. The minimum Gasteiger partial charge on any atom is -0.461 e. The molecule has 0 aliphatic heterocycles. The van der Waals surface area contributed by atoms with Crippen LogP contribution in [-0.4, -0.2) is 23.3 Å². The lowest BCUT2D eigenvalue weighted by Crippen LogP contribution is -2.58. The van der Waals surface area contributed by atoms with E-state index in [9.17, 15) is 9.59 Å². The monoisotopic (exact) mass is 534 g/mol. The van der Waals surface area contributed by atoms with Crippen molar-refractivity contribution in [3.63, 3.8) is 0 Å². The lowest BCUT2D eigenvalue weighted by atomic mass is 9.75. The van der Waals surface area contributed by atoms with E-state index >= 15 is 0 Å². The third-order valence-electron chi connectivity index (χ3n) is 4.58. The van der Waals surface area contributed by atoms with E-state index in [-0.39, 0.29) is 23.2 Å². The molecule has 0 aromatic heterocycles. The molecule has 0 aliphatic carbocycles. The Kier molecular flexibility index (Phi) is 9.43. The molecule has 2 aromatic rings. The Morgan fingerprint density at radius 2 is 1.64 bits per heavy atom. The summed E-state index contributed by atoms with van der Waals surface area (Å²) in [6.07, 6.45) is -0.672. The molecule has 0 aliphatic rings. The molecule has 0 saturated heterocycles. The Hall–Kier alpha value is -2.45. The molecule has 0 unspecified atom stereocenters. The first-order valence-corrected chi connectivity index (χ1v) is 11.9. The maximum Gasteiger partial charge on any atom is 0.413 e. The Morgan fingerprint density at radius 3 is 2.18 bits per heavy atom. The van der Waals surface area contributed by atoms with Gasteiger partial charge in [-0.05, 0) is 61.2 Å². The summed E-state index contributed by atoms with van der Waals surface area (Å²) in [4.78, 5) is 25.8. The fraction of sp³-hybridized carbons (Fsp3) is 0.400. The third-order valence-corrected chi connectivity index (χ3v) is 5.31. The highest BCUT2D eigenvalue weighted by Gasteiger charge is 2.46. The zero-order chi connectivity index (χ0) is 24.6. The molecule has 2 N–H and O–H groups in total. The predicted octanol–water partition coefficient (Wildman–Crippen LogP) is 5.83. The Labute approximate surface area is 209 Å². The number of carbonyl (C=O) groups is 2. The summed E-state index contributed by atoms with van der Waals surface area (Å²) in [5, 5.41) is 5.58. The first-order chi connectivity index (χ1) is 15.4. The van der Waals surface area contributed by atoms with Crippen molar-refractivity contribution in [2.24, 2.45) is 5.41 Å². The van der Waals surface area contributed by atoms with E-state index in [1.807, 2.05) is 75.4 Å². The van der Waals surface area contributed by atoms with Gasteiger partial charge in [0.1, 0.15) is 6.61 Å². The van der Waals surface area contributed by atoms with Gasteiger partial charge < -0.3 is 14.8 Å². The molecule has 1 amide bonds. The largest absolute Gasteiger partial charge is 0.461 e. The van der Waals surface area contributed by atoms with Gasteiger partial charge >= 0.3 is 12.1 Å². The minimum atomic E-state index is -1.31. The Morgan fingerprint density at radius 1 is 1.03 bits per heavy atom. The fourth-order valence-electron chi connectivity index (χ4n) is 3.38. The average Bonchev–Trinajstić information content (AvgIpc) is 2.71. The maximum atomic E-state index is 13.5. The number of ether oxygens (including phenoxy) is 2. The highest BCUT2D eigenvalue weighted by Crippen LogP contribution is 2.37. The average molecular weight is 536 g/mol. The number of rotatable bonds is 7. The van der Waals surface area contributed by atoms with Gasteiger partial charge in [0.25, 0.3) is 0 Å². The zero-order valence-corrected chi connectivity index (χ0v) is 22.0. The molecule has 0 radical (unpaired) electrons. The van der Waals surface area contributed by atoms with Gasteiger partial charge in [-0.2, -0.15) is 0 Å². The van der Waals surface area contributed by atoms with Crippen LogP contribution in [0.1, 0.15) is 52.2 Å². The topological polar surface area (TPSA) is 76.7 Å². The van der Waals surface area contributed by atoms with Crippen molar-refractivity contribution in [3.05, 3.63) is 70.2 Å². The highest BCUT2D eigenvalue weighted by atomic mass is 79.9. The van der Waals surface area contributed by atoms with Gasteiger partial charge in [0, 0.05) is 4.47 Å². The quantitative estimate of drug-likeness (QED) is 0.343. The molecule has 0 heterocycles. The van der Waals surface area contributed by atoms with Crippen LogP contribution in [0.5, 0.6) is 0 Å². The summed E-state index contributed by atoms with van der Waals surface area (Å²) in [6.45, 7) is 9.75. The van der Waals surface area contributed by atoms with Crippen molar-refractivity contribution < 1.29 is 19.1 Å². The molecule has 8 heteroatoms. The summed E-state index contributed by atoms with van der Waals surface area (Å²) in [5.74, 6) is -0.475. The molecule has 2 rings (SSSR count). The normalized spacial score (nSPS) is 13.1. The second-order valence-electron chi connectivity index (χ2n) is 9.24. The van der Waals surface area contributed by atoms with E-state index in [4.69, 9.17) is 21.7 Å². The standard InChI is InChI=1S/C25H31BrN2O4S/c1-17(2)32-21(29)25(16-24(3,4)5,19-11-13-20(26)14-12-19)28-22(33)27-23(30)31-15-18-9-7-6-8-10-18/h6-14,17H,15-16H2,1-5H3,(H2,27,28,30,33)/t25-/m1/s1. The first-order valence-electron chi connectivity index (χ1n) is 10.7. The van der Waals surface area contributed by atoms with Crippen LogP contribution < -0.4 is 10.6 Å². The summed E-state index contributed by atoms with van der Waals surface area (Å²) in [6, 6.07) is 16.7. The molecule has 178 valence electrons. The van der Waals surface area contributed by atoms with E-state index < -0.39 is 17.6 Å². The number of alkyl carbamates (subject to hydrolysis) is 1. The van der Waals surface area contributed by atoms with E-state index in [1.54, 1.807) is 13.8 Å². The summed E-state index contributed by atoms with van der Waals surface area (Å²) < 4.78 is 11.8. The molecule has 2 aromatic carbocycles. The maximum absolute atomic E-state index is 13.5. The van der Waals surface area contributed by atoms with Crippen LogP contribution in [0.4, 0.5) is 4.79 Å². The predicted molar refractivity (Wildman–Crippen MR) is 137 cm³/mol. The lowest BCUT2D eigenvalue weighted by molar-refractivity contribution is -0.157. The van der Waals surface area contributed by atoms with Crippen LogP contribution >= 0.6 is 28.1 Å². The molecule has 1 atom stereocenters. The second-order valence-corrected chi connectivity index (χ2v) is 10.6. The van der Waals surface area contributed by atoms with Crippen LogP contribution in [0.3, 0.4) is 0 Å². The highest BCUT2D eigenvalue weighted by molar-refractivity contribution is 9.10. The van der Waals surface area contributed by atoms with Gasteiger partial charge in [-0.3, -0.25) is 5.32 Å². The van der Waals surface area contributed by atoms with Crippen LogP contribution in [0.2, 0.25) is 0 Å². The Balaban J connectivity index is 2.29. The number of hydrogen-bond acceptors (Lipinski definition) is 5. The number of carbonyl (C=O) groups excluding carboxylic acids is 2. The van der Waals surface area contributed by atoms with Crippen molar-refractivity contribution in [3.8, 4) is 0 Å². The van der Waals surface area contributed by atoms with Gasteiger partial charge in [0.2, 0.25) is 0 Å². The molecule has 33 heavy (non-hydrogen) atoms. The second kappa shape index (κ2) is 11.6. The number of halogens is 1. The van der Waals surface area contributed by atoms with E-state index in [0.717, 1.165) is 10.0 Å². The van der Waals surface area contributed by atoms with Gasteiger partial charge in [0.05, 0.1) is 6.10 Å². The SMILES string of the molecule is CC(C)OC(=O)[C@](CC(C)(C)C)(NC(=S)NC(=O)OCc1ccccc1)c1ccc(Br)cc1. The third kappa shape index (κ3) is 8.44. The number of nitrogens with one attached hydrogen (secondary N) is 2. The molecule has 0 saturated carbocycles.